The summed E-state index contributed by atoms with van der Waals surface area (Å²) in [6.07, 6.45) is 8.85. The van der Waals surface area contributed by atoms with Gasteiger partial charge in [0.15, 0.2) is 5.70 Å². The summed E-state index contributed by atoms with van der Waals surface area (Å²) >= 11 is 0. The number of rotatable bonds is 5. The Morgan fingerprint density at radius 1 is 1.25 bits per heavy atom. The van der Waals surface area contributed by atoms with Gasteiger partial charge in [0.2, 0.25) is 5.90 Å². The predicted molar refractivity (Wildman–Crippen MR) is 94.9 cm³/mol. The average molecular weight is 327 g/mol. The molecule has 3 rings (SSSR count). The third-order valence-electron chi connectivity index (χ3n) is 4.96. The second-order valence-corrected chi connectivity index (χ2v) is 6.62. The maximum absolute atomic E-state index is 12.2. The van der Waals surface area contributed by atoms with Gasteiger partial charge in [-0.3, -0.25) is 0 Å². The van der Waals surface area contributed by atoms with Crippen molar-refractivity contribution in [3.05, 3.63) is 35.5 Å². The first-order valence-electron chi connectivity index (χ1n) is 8.86. The molecule has 1 aliphatic carbocycles. The molecule has 1 heterocycles. The van der Waals surface area contributed by atoms with Gasteiger partial charge in [0.05, 0.1) is 7.11 Å². The molecule has 0 bridgehead atoms. The predicted octanol–water partition coefficient (Wildman–Crippen LogP) is 4.60. The van der Waals surface area contributed by atoms with Crippen molar-refractivity contribution in [2.45, 2.75) is 45.4 Å². The van der Waals surface area contributed by atoms with Crippen LogP contribution >= 0.6 is 0 Å². The number of benzene rings is 1. The number of methoxy groups -OCH3 is 1. The second-order valence-electron chi connectivity index (χ2n) is 6.62. The summed E-state index contributed by atoms with van der Waals surface area (Å²) in [7, 11) is 1.62. The molecule has 1 aromatic rings. The summed E-state index contributed by atoms with van der Waals surface area (Å²) < 4.78 is 10.8. The molecule has 24 heavy (non-hydrogen) atoms. The Kier molecular flexibility index (Phi) is 5.34. The lowest BCUT2D eigenvalue weighted by Gasteiger charge is -2.27. The van der Waals surface area contributed by atoms with E-state index in [4.69, 9.17) is 9.47 Å². The Morgan fingerprint density at radius 2 is 2.00 bits per heavy atom. The zero-order chi connectivity index (χ0) is 16.9. The van der Waals surface area contributed by atoms with Gasteiger partial charge in [-0.05, 0) is 43.7 Å². The molecule has 0 radical (unpaired) electrons. The molecule has 2 aliphatic rings. The quantitative estimate of drug-likeness (QED) is 0.586. The van der Waals surface area contributed by atoms with E-state index in [0.717, 1.165) is 30.1 Å². The first-order valence-corrected chi connectivity index (χ1v) is 8.86. The van der Waals surface area contributed by atoms with E-state index < -0.39 is 0 Å². The van der Waals surface area contributed by atoms with Crippen LogP contribution in [0, 0.1) is 11.8 Å². The van der Waals surface area contributed by atoms with Crippen LogP contribution < -0.4 is 4.74 Å². The van der Waals surface area contributed by atoms with Gasteiger partial charge in [0.1, 0.15) is 5.75 Å². The monoisotopic (exact) mass is 327 g/mol. The van der Waals surface area contributed by atoms with Gasteiger partial charge in [-0.2, -0.15) is 0 Å². The molecule has 0 atom stereocenters. The van der Waals surface area contributed by atoms with Gasteiger partial charge in [-0.15, -0.1) is 0 Å². The van der Waals surface area contributed by atoms with Crippen LogP contribution in [0.1, 0.15) is 51.0 Å². The van der Waals surface area contributed by atoms with Gasteiger partial charge < -0.3 is 9.47 Å². The molecule has 0 amide bonds. The molecule has 128 valence electrons. The summed E-state index contributed by atoms with van der Waals surface area (Å²) in [6, 6.07) is 7.58. The Bertz CT molecular complexity index is 655. The Labute approximate surface area is 143 Å². The van der Waals surface area contributed by atoms with E-state index in [1.54, 1.807) is 13.2 Å². The Morgan fingerprint density at radius 3 is 2.71 bits per heavy atom. The van der Waals surface area contributed by atoms with Crippen molar-refractivity contribution >= 4 is 17.9 Å². The highest BCUT2D eigenvalue weighted by molar-refractivity contribution is 6.08. The van der Waals surface area contributed by atoms with Crippen LogP contribution in [-0.2, 0) is 9.53 Å². The van der Waals surface area contributed by atoms with Crippen LogP contribution in [0.15, 0.2) is 35.0 Å². The van der Waals surface area contributed by atoms with Crippen molar-refractivity contribution in [2.75, 3.05) is 7.11 Å². The fraction of sp³-hybridized carbons (Fsp3) is 0.500. The molecular weight excluding hydrogens is 302 g/mol. The standard InChI is InChI=1S/C20H25NO3/c1-3-6-14-9-11-15(12-10-14)19-21-17(20(22)24-19)13-16-7-4-5-8-18(16)23-2/h4-5,7-8,13-15H,3,6,9-12H2,1-2H3. The van der Waals surface area contributed by atoms with E-state index in [1.807, 2.05) is 24.3 Å². The lowest BCUT2D eigenvalue weighted by atomic mass is 9.80. The summed E-state index contributed by atoms with van der Waals surface area (Å²) in [5.74, 6) is 2.09. The third-order valence-corrected chi connectivity index (χ3v) is 4.96. The highest BCUT2D eigenvalue weighted by Crippen LogP contribution is 2.34. The number of hydrogen-bond acceptors (Lipinski definition) is 4. The van der Waals surface area contributed by atoms with Gasteiger partial charge in [0, 0.05) is 11.5 Å². The number of carbonyl (C=O) groups excluding carboxylic acids is 1. The number of ether oxygens (including phenoxy) is 2. The highest BCUT2D eigenvalue weighted by Gasteiger charge is 2.32. The molecular formula is C20H25NO3. The first-order chi connectivity index (χ1) is 11.7. The van der Waals surface area contributed by atoms with E-state index in [0.29, 0.717) is 11.6 Å². The maximum atomic E-state index is 12.2. The molecule has 0 unspecified atom stereocenters. The molecule has 1 aliphatic heterocycles. The van der Waals surface area contributed by atoms with Crippen LogP contribution in [0.3, 0.4) is 0 Å². The van der Waals surface area contributed by atoms with Gasteiger partial charge in [-0.1, -0.05) is 38.0 Å². The molecule has 1 saturated carbocycles. The number of carbonyl (C=O) groups is 1. The zero-order valence-corrected chi connectivity index (χ0v) is 14.5. The Balaban J connectivity index is 1.73. The summed E-state index contributed by atoms with van der Waals surface area (Å²) in [5, 5.41) is 0. The van der Waals surface area contributed by atoms with Gasteiger partial charge >= 0.3 is 5.97 Å². The van der Waals surface area contributed by atoms with Crippen LogP contribution in [0.25, 0.3) is 6.08 Å². The minimum Gasteiger partial charge on any atom is -0.496 e. The van der Waals surface area contributed by atoms with E-state index in [-0.39, 0.29) is 11.9 Å². The molecule has 1 aromatic carbocycles. The van der Waals surface area contributed by atoms with Crippen molar-refractivity contribution < 1.29 is 14.3 Å². The highest BCUT2D eigenvalue weighted by atomic mass is 16.6. The van der Waals surface area contributed by atoms with Gasteiger partial charge in [-0.25, -0.2) is 9.79 Å². The molecule has 0 saturated heterocycles. The van der Waals surface area contributed by atoms with E-state index >= 15 is 0 Å². The van der Waals surface area contributed by atoms with Crippen LogP contribution in [0.2, 0.25) is 0 Å². The van der Waals surface area contributed by atoms with Crippen molar-refractivity contribution in [3.63, 3.8) is 0 Å². The van der Waals surface area contributed by atoms with Crippen LogP contribution in [0.5, 0.6) is 5.75 Å². The number of nitrogens with zero attached hydrogens (tertiary/aromatic N) is 1. The van der Waals surface area contributed by atoms with E-state index in [1.165, 1.54) is 25.7 Å². The number of hydrogen-bond donors (Lipinski definition) is 0. The SMILES string of the molecule is CCCC1CCC(C2=NC(=Cc3ccccc3OC)C(=O)O2)CC1. The van der Waals surface area contributed by atoms with Crippen LogP contribution in [-0.4, -0.2) is 19.0 Å². The summed E-state index contributed by atoms with van der Waals surface area (Å²) in [5.41, 5.74) is 1.20. The Hall–Kier alpha value is -2.10. The van der Waals surface area contributed by atoms with Crippen LogP contribution in [0.4, 0.5) is 0 Å². The van der Waals surface area contributed by atoms with Crippen molar-refractivity contribution in [1.29, 1.82) is 0 Å². The van der Waals surface area contributed by atoms with Crippen molar-refractivity contribution in [2.24, 2.45) is 16.8 Å². The normalized spacial score (nSPS) is 25.5. The van der Waals surface area contributed by atoms with E-state index in [2.05, 4.69) is 11.9 Å². The first kappa shape index (κ1) is 16.7. The zero-order valence-electron chi connectivity index (χ0n) is 14.5. The lowest BCUT2D eigenvalue weighted by Crippen LogP contribution is -2.22. The molecule has 0 aromatic heterocycles. The maximum Gasteiger partial charge on any atom is 0.363 e. The largest absolute Gasteiger partial charge is 0.496 e. The van der Waals surface area contributed by atoms with Crippen molar-refractivity contribution in [1.82, 2.24) is 0 Å². The summed E-state index contributed by atoms with van der Waals surface area (Å²) in [4.78, 5) is 16.6. The molecule has 1 fully saturated rings. The number of aliphatic imine (C=N–C) groups is 1. The second kappa shape index (κ2) is 7.65. The number of para-hydroxylation sites is 1. The minimum atomic E-state index is -0.355. The van der Waals surface area contributed by atoms with Crippen molar-refractivity contribution in [3.8, 4) is 5.75 Å². The average Bonchev–Trinajstić information content (AvgIpc) is 2.97. The number of esters is 1. The van der Waals surface area contributed by atoms with Gasteiger partial charge in [0.25, 0.3) is 0 Å². The number of cyclic esters (lactones) is 1. The van der Waals surface area contributed by atoms with E-state index in [9.17, 15) is 4.79 Å². The topological polar surface area (TPSA) is 47.9 Å². The molecule has 0 N–H and O–H groups in total. The minimum absolute atomic E-state index is 0.283. The fourth-order valence-corrected chi connectivity index (χ4v) is 3.64. The molecule has 4 heteroatoms. The molecule has 4 nitrogen and oxygen atoms in total. The lowest BCUT2D eigenvalue weighted by molar-refractivity contribution is -0.130. The smallest absolute Gasteiger partial charge is 0.363 e. The molecule has 0 spiro atoms. The third kappa shape index (κ3) is 3.69. The summed E-state index contributed by atoms with van der Waals surface area (Å²) in [6.45, 7) is 2.24. The fourth-order valence-electron chi connectivity index (χ4n) is 3.64.